The molecule has 0 bridgehead atoms. The number of thioether (sulfide) groups is 1. The van der Waals surface area contributed by atoms with Crippen LogP contribution in [-0.2, 0) is 0 Å². The minimum atomic E-state index is 0.754. The normalized spacial score (nSPS) is 11.5. The minimum absolute atomic E-state index is 0.754. The number of aryl methyl sites for hydroxylation is 1. The Bertz CT molecular complexity index is 617. The number of amidine groups is 1. The van der Waals surface area contributed by atoms with E-state index in [4.69, 9.17) is 16.6 Å². The molecule has 0 atom stereocenters. The first-order chi connectivity index (χ1) is 10.6. The zero-order chi connectivity index (χ0) is 15.9. The average molecular weight is 333 g/mol. The van der Waals surface area contributed by atoms with Crippen LogP contribution in [0.2, 0.25) is 5.02 Å². The standard InChI is InChI=1S/C18H21ClN2S/c1-4-21(5-2)18(20-16-10-6-14(3)7-11-16)22-17-12-8-15(19)9-13-17/h6-13H,4-5H2,1-3H3. The van der Waals surface area contributed by atoms with Crippen LogP contribution in [0.15, 0.2) is 58.4 Å². The summed E-state index contributed by atoms with van der Waals surface area (Å²) < 4.78 is 0. The van der Waals surface area contributed by atoms with Gasteiger partial charge in [0.15, 0.2) is 5.17 Å². The predicted molar refractivity (Wildman–Crippen MR) is 98.5 cm³/mol. The molecule has 2 nitrogen and oxygen atoms in total. The molecule has 0 aliphatic carbocycles. The van der Waals surface area contributed by atoms with Gasteiger partial charge in [-0.3, -0.25) is 0 Å². The molecule has 0 aliphatic heterocycles. The van der Waals surface area contributed by atoms with Crippen molar-refractivity contribution in [3.8, 4) is 0 Å². The molecule has 4 heteroatoms. The van der Waals surface area contributed by atoms with Gasteiger partial charge < -0.3 is 4.90 Å². The summed E-state index contributed by atoms with van der Waals surface area (Å²) in [6.07, 6.45) is 0. The van der Waals surface area contributed by atoms with Crippen molar-refractivity contribution in [2.75, 3.05) is 13.1 Å². The first-order valence-electron chi connectivity index (χ1n) is 7.46. The van der Waals surface area contributed by atoms with Gasteiger partial charge in [0.05, 0.1) is 5.69 Å². The molecule has 0 fully saturated rings. The third-order valence-corrected chi connectivity index (χ3v) is 4.61. The number of hydrogen-bond acceptors (Lipinski definition) is 2. The zero-order valence-corrected chi connectivity index (χ0v) is 14.8. The largest absolute Gasteiger partial charge is 0.351 e. The quantitative estimate of drug-likeness (QED) is 0.401. The third kappa shape index (κ3) is 4.79. The van der Waals surface area contributed by atoms with Gasteiger partial charge in [-0.1, -0.05) is 41.1 Å². The lowest BCUT2D eigenvalue weighted by Gasteiger charge is -2.22. The Morgan fingerprint density at radius 3 is 2.14 bits per heavy atom. The van der Waals surface area contributed by atoms with Crippen LogP contribution in [0.25, 0.3) is 0 Å². The fourth-order valence-corrected chi connectivity index (χ4v) is 3.14. The van der Waals surface area contributed by atoms with E-state index in [2.05, 4.69) is 49.9 Å². The van der Waals surface area contributed by atoms with E-state index in [0.29, 0.717) is 0 Å². The van der Waals surface area contributed by atoms with Gasteiger partial charge in [-0.2, -0.15) is 0 Å². The number of aliphatic imine (C=N–C) groups is 1. The van der Waals surface area contributed by atoms with Crippen LogP contribution in [0.1, 0.15) is 19.4 Å². The highest BCUT2D eigenvalue weighted by Gasteiger charge is 2.10. The number of hydrogen-bond donors (Lipinski definition) is 0. The third-order valence-electron chi connectivity index (χ3n) is 3.32. The highest BCUT2D eigenvalue weighted by atomic mass is 35.5. The molecule has 0 saturated heterocycles. The molecule has 0 saturated carbocycles. The Morgan fingerprint density at radius 2 is 1.59 bits per heavy atom. The molecule has 116 valence electrons. The molecule has 0 amide bonds. The van der Waals surface area contributed by atoms with Gasteiger partial charge in [-0.25, -0.2) is 4.99 Å². The molecule has 2 rings (SSSR count). The molecule has 0 heterocycles. The fourth-order valence-electron chi connectivity index (χ4n) is 1.99. The zero-order valence-electron chi connectivity index (χ0n) is 13.2. The van der Waals surface area contributed by atoms with E-state index in [9.17, 15) is 0 Å². The molecule has 0 N–H and O–H groups in total. The van der Waals surface area contributed by atoms with E-state index < -0.39 is 0 Å². The number of halogens is 1. The van der Waals surface area contributed by atoms with Gasteiger partial charge in [-0.15, -0.1) is 0 Å². The van der Waals surface area contributed by atoms with Crippen LogP contribution in [0.4, 0.5) is 5.69 Å². The summed E-state index contributed by atoms with van der Waals surface area (Å²) in [4.78, 5) is 8.24. The second-order valence-electron chi connectivity index (χ2n) is 4.96. The van der Waals surface area contributed by atoms with Gasteiger partial charge in [0.2, 0.25) is 0 Å². The number of benzene rings is 2. The van der Waals surface area contributed by atoms with Crippen molar-refractivity contribution in [2.24, 2.45) is 4.99 Å². The fraction of sp³-hybridized carbons (Fsp3) is 0.278. The molecule has 2 aromatic rings. The maximum atomic E-state index is 5.96. The lowest BCUT2D eigenvalue weighted by atomic mass is 10.2. The molecular weight excluding hydrogens is 312 g/mol. The van der Waals surface area contributed by atoms with Crippen LogP contribution in [0.3, 0.4) is 0 Å². The molecule has 0 spiro atoms. The van der Waals surface area contributed by atoms with Gasteiger partial charge in [-0.05, 0) is 57.2 Å². The van der Waals surface area contributed by atoms with Crippen molar-refractivity contribution in [1.29, 1.82) is 0 Å². The Kier molecular flexibility index (Phi) is 6.34. The molecule has 0 unspecified atom stereocenters. The average Bonchev–Trinajstić information content (AvgIpc) is 2.53. The first-order valence-corrected chi connectivity index (χ1v) is 8.65. The van der Waals surface area contributed by atoms with Crippen molar-refractivity contribution in [2.45, 2.75) is 25.7 Å². The smallest absolute Gasteiger partial charge is 0.169 e. The van der Waals surface area contributed by atoms with E-state index in [-0.39, 0.29) is 0 Å². The second kappa shape index (κ2) is 8.25. The summed E-state index contributed by atoms with van der Waals surface area (Å²) in [6, 6.07) is 16.2. The molecule has 22 heavy (non-hydrogen) atoms. The Labute approximate surface area is 142 Å². The van der Waals surface area contributed by atoms with Gasteiger partial charge in [0.1, 0.15) is 0 Å². The van der Waals surface area contributed by atoms with Crippen LogP contribution in [0, 0.1) is 6.92 Å². The van der Waals surface area contributed by atoms with Crippen LogP contribution < -0.4 is 0 Å². The summed E-state index contributed by atoms with van der Waals surface area (Å²) in [7, 11) is 0. The molecule has 0 aromatic heterocycles. The highest BCUT2D eigenvalue weighted by molar-refractivity contribution is 8.13. The second-order valence-corrected chi connectivity index (χ2v) is 6.44. The molecule has 2 aromatic carbocycles. The minimum Gasteiger partial charge on any atom is -0.351 e. The summed E-state index contributed by atoms with van der Waals surface area (Å²) in [5, 5.41) is 1.76. The van der Waals surface area contributed by atoms with Gasteiger partial charge in [0, 0.05) is 23.0 Å². The maximum Gasteiger partial charge on any atom is 0.169 e. The van der Waals surface area contributed by atoms with Crippen molar-refractivity contribution >= 4 is 34.2 Å². The van der Waals surface area contributed by atoms with E-state index >= 15 is 0 Å². The molecule has 0 aliphatic rings. The Morgan fingerprint density at radius 1 is 1.00 bits per heavy atom. The van der Waals surface area contributed by atoms with Crippen molar-refractivity contribution in [1.82, 2.24) is 4.90 Å². The lowest BCUT2D eigenvalue weighted by Crippen LogP contribution is -2.28. The highest BCUT2D eigenvalue weighted by Crippen LogP contribution is 2.26. The lowest BCUT2D eigenvalue weighted by molar-refractivity contribution is 0.475. The van der Waals surface area contributed by atoms with E-state index in [1.165, 1.54) is 5.56 Å². The van der Waals surface area contributed by atoms with E-state index in [1.807, 2.05) is 24.3 Å². The SMILES string of the molecule is CCN(CC)C(=Nc1ccc(C)cc1)Sc1ccc(Cl)cc1. The van der Waals surface area contributed by atoms with E-state index in [1.54, 1.807) is 11.8 Å². The first kappa shape index (κ1) is 16.9. The molecular formula is C18H21ClN2S. The summed E-state index contributed by atoms with van der Waals surface area (Å²) in [5.74, 6) is 0. The van der Waals surface area contributed by atoms with Gasteiger partial charge >= 0.3 is 0 Å². The molecule has 0 radical (unpaired) electrons. The maximum absolute atomic E-state index is 5.96. The van der Waals surface area contributed by atoms with Crippen molar-refractivity contribution < 1.29 is 0 Å². The van der Waals surface area contributed by atoms with Crippen LogP contribution in [-0.4, -0.2) is 23.2 Å². The summed E-state index contributed by atoms with van der Waals surface area (Å²) in [6.45, 7) is 8.25. The monoisotopic (exact) mass is 332 g/mol. The topological polar surface area (TPSA) is 15.6 Å². The number of nitrogens with zero attached hydrogens (tertiary/aromatic N) is 2. The number of rotatable bonds is 4. The predicted octanol–water partition coefficient (Wildman–Crippen LogP) is 5.77. The Balaban J connectivity index is 2.29. The van der Waals surface area contributed by atoms with Gasteiger partial charge in [0.25, 0.3) is 0 Å². The summed E-state index contributed by atoms with van der Waals surface area (Å²) >= 11 is 7.63. The van der Waals surface area contributed by atoms with Crippen LogP contribution in [0.5, 0.6) is 0 Å². The van der Waals surface area contributed by atoms with Crippen LogP contribution >= 0.6 is 23.4 Å². The van der Waals surface area contributed by atoms with Crippen molar-refractivity contribution in [3.63, 3.8) is 0 Å². The summed E-state index contributed by atoms with van der Waals surface area (Å²) in [5.41, 5.74) is 2.22. The van der Waals surface area contributed by atoms with E-state index in [0.717, 1.165) is 33.9 Å². The Hall–Kier alpha value is -1.45. The van der Waals surface area contributed by atoms with Crippen molar-refractivity contribution in [3.05, 3.63) is 59.1 Å².